The summed E-state index contributed by atoms with van der Waals surface area (Å²) in [5.41, 5.74) is 1.35. The van der Waals surface area contributed by atoms with Gasteiger partial charge in [0.1, 0.15) is 10.0 Å². The molecule has 0 fully saturated rings. The first kappa shape index (κ1) is 23.4. The molecular weight excluding hydrogens is 454 g/mol. The highest BCUT2D eigenvalue weighted by Crippen LogP contribution is 2.28. The normalized spacial score (nSPS) is 10.5. The molecule has 0 aliphatic carbocycles. The largest absolute Gasteiger partial charge is 0.462 e. The van der Waals surface area contributed by atoms with Crippen molar-refractivity contribution in [2.75, 3.05) is 18.1 Å². The third-order valence-electron chi connectivity index (χ3n) is 4.27. The van der Waals surface area contributed by atoms with E-state index < -0.39 is 24.5 Å². The summed E-state index contributed by atoms with van der Waals surface area (Å²) in [5, 5.41) is 0.288. The van der Waals surface area contributed by atoms with Crippen LogP contribution >= 0.6 is 22.9 Å². The van der Waals surface area contributed by atoms with Crippen LogP contribution in [-0.4, -0.2) is 41.0 Å². The molecule has 2 heterocycles. The third-order valence-corrected chi connectivity index (χ3v) is 5.73. The smallest absolute Gasteiger partial charge is 0.350 e. The maximum atomic E-state index is 13.0. The molecule has 0 aliphatic rings. The molecule has 0 radical (unpaired) electrons. The van der Waals surface area contributed by atoms with Crippen molar-refractivity contribution in [1.29, 1.82) is 0 Å². The van der Waals surface area contributed by atoms with E-state index in [2.05, 4.69) is 9.97 Å². The molecule has 0 aliphatic heterocycles. The van der Waals surface area contributed by atoms with Gasteiger partial charge in [-0.3, -0.25) is 9.69 Å². The van der Waals surface area contributed by atoms with Crippen molar-refractivity contribution in [1.82, 2.24) is 9.97 Å². The Kier molecular flexibility index (Phi) is 7.91. The lowest BCUT2D eigenvalue weighted by Gasteiger charge is -2.20. The quantitative estimate of drug-likeness (QED) is 0.359. The van der Waals surface area contributed by atoms with Crippen LogP contribution in [0.4, 0.5) is 5.13 Å². The van der Waals surface area contributed by atoms with E-state index in [0.29, 0.717) is 15.7 Å². The Labute approximate surface area is 193 Å². The van der Waals surface area contributed by atoms with Gasteiger partial charge in [-0.05, 0) is 31.5 Å². The topological polar surface area (TPSA) is 98.7 Å². The number of carbonyl (C=O) groups excluding carboxylic acids is 3. The number of halogens is 1. The molecule has 10 heteroatoms. The number of ether oxygens (including phenoxy) is 2. The minimum absolute atomic E-state index is 0.0132. The van der Waals surface area contributed by atoms with Gasteiger partial charge in [0.15, 0.2) is 11.7 Å². The molecular formula is C22H20ClN3O5S. The molecule has 0 saturated carbocycles. The zero-order chi connectivity index (χ0) is 23.1. The van der Waals surface area contributed by atoms with Crippen LogP contribution < -0.4 is 4.90 Å². The first-order chi connectivity index (χ1) is 15.4. The van der Waals surface area contributed by atoms with Gasteiger partial charge in [-0.2, -0.15) is 0 Å². The summed E-state index contributed by atoms with van der Waals surface area (Å²) in [4.78, 5) is 47.4. The molecule has 1 aromatic carbocycles. The van der Waals surface area contributed by atoms with Gasteiger partial charge in [0.25, 0.3) is 5.91 Å². The molecule has 3 aromatic rings. The van der Waals surface area contributed by atoms with E-state index >= 15 is 0 Å². The maximum absolute atomic E-state index is 13.0. The molecule has 0 spiro atoms. The van der Waals surface area contributed by atoms with Crippen LogP contribution in [0.2, 0.25) is 5.15 Å². The van der Waals surface area contributed by atoms with Crippen molar-refractivity contribution in [3.05, 3.63) is 75.5 Å². The number of anilines is 1. The Morgan fingerprint density at radius 3 is 2.50 bits per heavy atom. The molecule has 0 saturated heterocycles. The minimum Gasteiger partial charge on any atom is -0.462 e. The van der Waals surface area contributed by atoms with Crippen molar-refractivity contribution in [3.8, 4) is 0 Å². The van der Waals surface area contributed by atoms with Crippen LogP contribution in [0.1, 0.15) is 38.2 Å². The Morgan fingerprint density at radius 1 is 1.06 bits per heavy atom. The Bertz CT molecular complexity index is 1120. The lowest BCUT2D eigenvalue weighted by molar-refractivity contribution is -0.121. The molecule has 8 nitrogen and oxygen atoms in total. The van der Waals surface area contributed by atoms with Gasteiger partial charge < -0.3 is 9.47 Å². The molecule has 0 atom stereocenters. The fraction of sp³-hybridized carbons (Fsp3) is 0.227. The van der Waals surface area contributed by atoms with Crippen molar-refractivity contribution in [2.45, 2.75) is 20.4 Å². The van der Waals surface area contributed by atoms with E-state index in [1.807, 2.05) is 30.3 Å². The summed E-state index contributed by atoms with van der Waals surface area (Å²) >= 11 is 6.96. The number of rotatable bonds is 8. The van der Waals surface area contributed by atoms with E-state index in [-0.39, 0.29) is 23.9 Å². The standard InChI is InChI=1S/C22H20ClN3O5S/c1-3-30-21(29)18-14(2)25-22(32-18)26(12-15-8-5-4-6-9-15)17(27)13-31-20(28)16-10-7-11-24-19(16)23/h4-11H,3,12-13H2,1-2H3. The van der Waals surface area contributed by atoms with E-state index in [1.165, 1.54) is 17.2 Å². The fourth-order valence-corrected chi connectivity index (χ4v) is 3.91. The number of aryl methyl sites for hydroxylation is 1. The highest BCUT2D eigenvalue weighted by molar-refractivity contribution is 7.17. The molecule has 3 rings (SSSR count). The van der Waals surface area contributed by atoms with E-state index in [0.717, 1.165) is 16.9 Å². The Hall–Kier alpha value is -3.30. The second kappa shape index (κ2) is 10.8. The third kappa shape index (κ3) is 5.68. The highest BCUT2D eigenvalue weighted by atomic mass is 35.5. The van der Waals surface area contributed by atoms with Gasteiger partial charge in [0.2, 0.25) is 0 Å². The van der Waals surface area contributed by atoms with Gasteiger partial charge in [-0.25, -0.2) is 19.6 Å². The van der Waals surface area contributed by atoms with Crippen molar-refractivity contribution < 1.29 is 23.9 Å². The lowest BCUT2D eigenvalue weighted by atomic mass is 10.2. The number of nitrogens with zero attached hydrogens (tertiary/aromatic N) is 3. The molecule has 166 valence electrons. The van der Waals surface area contributed by atoms with E-state index in [9.17, 15) is 14.4 Å². The summed E-state index contributed by atoms with van der Waals surface area (Å²) in [6.45, 7) is 3.25. The zero-order valence-electron chi connectivity index (χ0n) is 17.4. The van der Waals surface area contributed by atoms with Gasteiger partial charge in [0, 0.05) is 6.20 Å². The molecule has 0 bridgehead atoms. The van der Waals surface area contributed by atoms with Gasteiger partial charge in [-0.1, -0.05) is 53.3 Å². The van der Waals surface area contributed by atoms with Crippen LogP contribution in [0.25, 0.3) is 0 Å². The van der Waals surface area contributed by atoms with Crippen molar-refractivity contribution >= 4 is 45.9 Å². The second-order valence-electron chi connectivity index (χ2n) is 6.51. The Balaban J connectivity index is 1.82. The number of amides is 1. The molecule has 32 heavy (non-hydrogen) atoms. The number of hydrogen-bond donors (Lipinski definition) is 0. The van der Waals surface area contributed by atoms with Gasteiger partial charge in [-0.15, -0.1) is 0 Å². The number of thiazole rings is 1. The average Bonchev–Trinajstić information content (AvgIpc) is 3.18. The monoisotopic (exact) mass is 473 g/mol. The van der Waals surface area contributed by atoms with Crippen molar-refractivity contribution in [3.63, 3.8) is 0 Å². The summed E-state index contributed by atoms with van der Waals surface area (Å²) in [6, 6.07) is 12.3. The van der Waals surface area contributed by atoms with Gasteiger partial charge in [0.05, 0.1) is 24.4 Å². The molecule has 1 amide bonds. The highest BCUT2D eigenvalue weighted by Gasteiger charge is 2.25. The van der Waals surface area contributed by atoms with Crippen molar-refractivity contribution in [2.24, 2.45) is 0 Å². The SMILES string of the molecule is CCOC(=O)c1sc(N(Cc2ccccc2)C(=O)COC(=O)c2cccnc2Cl)nc1C. The van der Waals surface area contributed by atoms with Crippen LogP contribution in [0.15, 0.2) is 48.7 Å². The lowest BCUT2D eigenvalue weighted by Crippen LogP contribution is -2.34. The van der Waals surface area contributed by atoms with E-state index in [4.69, 9.17) is 21.1 Å². The number of aromatic nitrogens is 2. The molecule has 0 N–H and O–H groups in total. The average molecular weight is 474 g/mol. The number of hydrogen-bond acceptors (Lipinski definition) is 8. The minimum atomic E-state index is -0.765. The summed E-state index contributed by atoms with van der Waals surface area (Å²) in [7, 11) is 0. The van der Waals surface area contributed by atoms with E-state index in [1.54, 1.807) is 19.9 Å². The predicted octanol–water partition coefficient (Wildman–Crippen LogP) is 4.07. The first-order valence-corrected chi connectivity index (χ1v) is 10.9. The first-order valence-electron chi connectivity index (χ1n) is 9.67. The summed E-state index contributed by atoms with van der Waals surface area (Å²) < 4.78 is 10.2. The molecule has 2 aromatic heterocycles. The van der Waals surface area contributed by atoms with Gasteiger partial charge >= 0.3 is 11.9 Å². The number of carbonyl (C=O) groups is 3. The predicted molar refractivity (Wildman–Crippen MR) is 120 cm³/mol. The summed E-state index contributed by atoms with van der Waals surface area (Å²) in [6.07, 6.45) is 1.44. The second-order valence-corrected chi connectivity index (χ2v) is 7.85. The van der Waals surface area contributed by atoms with Crippen LogP contribution in [0, 0.1) is 6.92 Å². The summed E-state index contributed by atoms with van der Waals surface area (Å²) in [5.74, 6) is -1.77. The van der Waals surface area contributed by atoms with Crippen LogP contribution in [-0.2, 0) is 20.8 Å². The number of pyridine rings is 1. The Morgan fingerprint density at radius 2 is 1.81 bits per heavy atom. The maximum Gasteiger partial charge on any atom is 0.350 e. The molecule has 0 unspecified atom stereocenters. The zero-order valence-corrected chi connectivity index (χ0v) is 19.0. The number of esters is 2. The fourth-order valence-electron chi connectivity index (χ4n) is 2.73. The van der Waals surface area contributed by atoms with Crippen LogP contribution in [0.5, 0.6) is 0 Å². The van der Waals surface area contributed by atoms with Crippen LogP contribution in [0.3, 0.4) is 0 Å². The number of benzene rings is 1.